The van der Waals surface area contributed by atoms with Gasteiger partial charge in [0.25, 0.3) is 0 Å². The number of rotatable bonds is 4. The molecule has 1 N–H and O–H groups in total. The molecule has 2 aromatic rings. The minimum Gasteiger partial charge on any atom is -0.357 e. The highest BCUT2D eigenvalue weighted by Crippen LogP contribution is 2.30. The van der Waals surface area contributed by atoms with Crippen LogP contribution in [0, 0.1) is 0 Å². The first-order valence-corrected chi connectivity index (χ1v) is 9.04. The van der Waals surface area contributed by atoms with Crippen LogP contribution in [-0.4, -0.2) is 24.1 Å². The number of benzene rings is 1. The normalized spacial score (nSPS) is 16.1. The zero-order valence-electron chi connectivity index (χ0n) is 13.9. The third-order valence-corrected chi connectivity index (χ3v) is 5.08. The molecule has 1 aliphatic rings. The number of aromatic nitrogens is 1. The van der Waals surface area contributed by atoms with Gasteiger partial charge in [0.15, 0.2) is 0 Å². The molecule has 0 amide bonds. The zero-order valence-corrected chi connectivity index (χ0v) is 15.4. The van der Waals surface area contributed by atoms with Crippen molar-refractivity contribution in [2.45, 2.75) is 31.6 Å². The second kappa shape index (κ2) is 8.03. The predicted molar refractivity (Wildman–Crippen MR) is 97.8 cm³/mol. The van der Waals surface area contributed by atoms with Crippen molar-refractivity contribution in [3.63, 3.8) is 0 Å². The third-order valence-electron chi connectivity index (χ3n) is 4.49. The van der Waals surface area contributed by atoms with E-state index in [0.29, 0.717) is 28.4 Å². The van der Waals surface area contributed by atoms with Gasteiger partial charge in [0.1, 0.15) is 5.82 Å². The highest BCUT2D eigenvalue weighted by atomic mass is 35.5. The van der Waals surface area contributed by atoms with Crippen LogP contribution in [0.1, 0.15) is 24.0 Å². The van der Waals surface area contributed by atoms with Gasteiger partial charge in [-0.15, -0.1) is 0 Å². The SMILES string of the molecule is FC(F)(F)c1ccc(N2CCC(NCc3ccc(Cl)cc3Cl)CC2)nc1. The van der Waals surface area contributed by atoms with Gasteiger partial charge in [-0.2, -0.15) is 13.2 Å². The number of nitrogens with zero attached hydrogens (tertiary/aromatic N) is 2. The van der Waals surface area contributed by atoms with Crippen LogP contribution in [-0.2, 0) is 12.7 Å². The molecule has 3 nitrogen and oxygen atoms in total. The minimum absolute atomic E-state index is 0.326. The van der Waals surface area contributed by atoms with Crippen LogP contribution >= 0.6 is 23.2 Å². The smallest absolute Gasteiger partial charge is 0.357 e. The Morgan fingerprint density at radius 1 is 1.12 bits per heavy atom. The van der Waals surface area contributed by atoms with Crippen LogP contribution in [0.5, 0.6) is 0 Å². The average Bonchev–Trinajstić information content (AvgIpc) is 2.61. The fourth-order valence-corrected chi connectivity index (χ4v) is 3.45. The van der Waals surface area contributed by atoms with Gasteiger partial charge in [-0.1, -0.05) is 29.3 Å². The second-order valence-corrected chi connectivity index (χ2v) is 7.12. The van der Waals surface area contributed by atoms with E-state index in [-0.39, 0.29) is 0 Å². The summed E-state index contributed by atoms with van der Waals surface area (Å²) in [5.74, 6) is 0.581. The molecule has 1 aromatic carbocycles. The highest BCUT2D eigenvalue weighted by Gasteiger charge is 2.31. The van der Waals surface area contributed by atoms with Gasteiger partial charge < -0.3 is 10.2 Å². The van der Waals surface area contributed by atoms with Crippen LogP contribution in [0.3, 0.4) is 0 Å². The zero-order chi connectivity index (χ0) is 18.7. The minimum atomic E-state index is -4.36. The largest absolute Gasteiger partial charge is 0.417 e. The maximum Gasteiger partial charge on any atom is 0.417 e. The van der Waals surface area contributed by atoms with Crippen molar-refractivity contribution in [2.75, 3.05) is 18.0 Å². The van der Waals surface area contributed by atoms with Gasteiger partial charge in [-0.05, 0) is 42.7 Å². The predicted octanol–water partition coefficient (Wildman–Crippen LogP) is 5.17. The van der Waals surface area contributed by atoms with Crippen molar-refractivity contribution in [3.8, 4) is 0 Å². The Balaban J connectivity index is 1.51. The molecule has 0 aliphatic carbocycles. The van der Waals surface area contributed by atoms with Crippen molar-refractivity contribution >= 4 is 29.0 Å². The van der Waals surface area contributed by atoms with E-state index >= 15 is 0 Å². The van der Waals surface area contributed by atoms with E-state index in [1.54, 1.807) is 6.07 Å². The molecule has 0 atom stereocenters. The molecule has 2 heterocycles. The maximum absolute atomic E-state index is 12.6. The van der Waals surface area contributed by atoms with Crippen molar-refractivity contribution in [3.05, 3.63) is 57.7 Å². The molecular formula is C18H18Cl2F3N3. The fraction of sp³-hybridized carbons (Fsp3) is 0.389. The molecule has 8 heteroatoms. The molecule has 0 radical (unpaired) electrons. The lowest BCUT2D eigenvalue weighted by molar-refractivity contribution is -0.137. The van der Waals surface area contributed by atoms with E-state index < -0.39 is 11.7 Å². The fourth-order valence-electron chi connectivity index (χ4n) is 2.97. The number of anilines is 1. The van der Waals surface area contributed by atoms with E-state index in [4.69, 9.17) is 23.2 Å². The Hall–Kier alpha value is -1.50. The number of alkyl halides is 3. The summed E-state index contributed by atoms with van der Waals surface area (Å²) in [7, 11) is 0. The standard InChI is InChI=1S/C18H18Cl2F3N3/c19-14-3-1-12(16(20)9-14)10-24-15-5-7-26(8-6-15)17-4-2-13(11-25-17)18(21,22)23/h1-4,9,11,15,24H,5-8,10H2. The molecule has 1 aliphatic heterocycles. The Kier molecular flexibility index (Phi) is 5.95. The van der Waals surface area contributed by atoms with Gasteiger partial charge >= 0.3 is 6.18 Å². The lowest BCUT2D eigenvalue weighted by atomic mass is 10.0. The van der Waals surface area contributed by atoms with Gasteiger partial charge in [0.2, 0.25) is 0 Å². The van der Waals surface area contributed by atoms with Crippen LogP contribution in [0.15, 0.2) is 36.5 Å². The summed E-state index contributed by atoms with van der Waals surface area (Å²) in [6, 6.07) is 8.27. The topological polar surface area (TPSA) is 28.2 Å². The van der Waals surface area contributed by atoms with Crippen molar-refractivity contribution in [1.29, 1.82) is 0 Å². The monoisotopic (exact) mass is 403 g/mol. The van der Waals surface area contributed by atoms with E-state index in [9.17, 15) is 13.2 Å². The van der Waals surface area contributed by atoms with Crippen molar-refractivity contribution in [1.82, 2.24) is 10.3 Å². The van der Waals surface area contributed by atoms with Crippen molar-refractivity contribution in [2.24, 2.45) is 0 Å². The summed E-state index contributed by atoms with van der Waals surface area (Å²) in [5, 5.41) is 4.72. The van der Waals surface area contributed by atoms with Gasteiger partial charge in [0, 0.05) is 41.9 Å². The molecule has 0 unspecified atom stereocenters. The lowest BCUT2D eigenvalue weighted by Gasteiger charge is -2.33. The number of piperidine rings is 1. The maximum atomic E-state index is 12.6. The van der Waals surface area contributed by atoms with E-state index in [1.807, 2.05) is 17.0 Å². The first-order chi connectivity index (χ1) is 12.3. The molecule has 1 fully saturated rings. The Labute approximate surface area is 160 Å². The summed E-state index contributed by atoms with van der Waals surface area (Å²) >= 11 is 12.1. The Morgan fingerprint density at radius 2 is 1.85 bits per heavy atom. The highest BCUT2D eigenvalue weighted by molar-refractivity contribution is 6.35. The quantitative estimate of drug-likeness (QED) is 0.763. The Bertz CT molecular complexity index is 742. The summed E-state index contributed by atoms with van der Waals surface area (Å²) in [5.41, 5.74) is 0.264. The number of halogens is 5. The summed E-state index contributed by atoms with van der Waals surface area (Å²) in [6.45, 7) is 2.13. The number of pyridine rings is 1. The molecular weight excluding hydrogens is 386 g/mol. The molecule has 3 rings (SSSR count). The molecule has 0 bridgehead atoms. The van der Waals surface area contributed by atoms with Gasteiger partial charge in [-0.25, -0.2) is 4.98 Å². The summed E-state index contributed by atoms with van der Waals surface area (Å²) in [4.78, 5) is 5.97. The first kappa shape index (κ1) is 19.3. The third kappa shape index (κ3) is 4.81. The Morgan fingerprint density at radius 3 is 2.42 bits per heavy atom. The van der Waals surface area contributed by atoms with Crippen molar-refractivity contribution < 1.29 is 13.2 Å². The number of nitrogens with one attached hydrogen (secondary N) is 1. The van der Waals surface area contributed by atoms with Crippen LogP contribution < -0.4 is 10.2 Å². The average molecular weight is 404 g/mol. The van der Waals surface area contributed by atoms with E-state index in [2.05, 4.69) is 10.3 Å². The van der Waals surface area contributed by atoms with Gasteiger partial charge in [-0.3, -0.25) is 0 Å². The van der Waals surface area contributed by atoms with E-state index in [1.165, 1.54) is 6.07 Å². The summed E-state index contributed by atoms with van der Waals surface area (Å²) in [6.07, 6.45) is -1.70. The molecule has 0 saturated carbocycles. The van der Waals surface area contributed by atoms with Crippen LogP contribution in [0.2, 0.25) is 10.0 Å². The van der Waals surface area contributed by atoms with E-state index in [0.717, 1.165) is 43.8 Å². The summed E-state index contributed by atoms with van der Waals surface area (Å²) < 4.78 is 37.8. The second-order valence-electron chi connectivity index (χ2n) is 6.28. The van der Waals surface area contributed by atoms with Crippen LogP contribution in [0.4, 0.5) is 19.0 Å². The molecule has 1 aromatic heterocycles. The lowest BCUT2D eigenvalue weighted by Crippen LogP contribution is -2.42. The first-order valence-electron chi connectivity index (χ1n) is 8.28. The molecule has 140 valence electrons. The number of hydrogen-bond acceptors (Lipinski definition) is 3. The molecule has 1 saturated heterocycles. The van der Waals surface area contributed by atoms with Crippen LogP contribution in [0.25, 0.3) is 0 Å². The number of hydrogen-bond donors (Lipinski definition) is 1. The molecule has 26 heavy (non-hydrogen) atoms. The van der Waals surface area contributed by atoms with Gasteiger partial charge in [0.05, 0.1) is 5.56 Å². The molecule has 0 spiro atoms.